The monoisotopic (exact) mass is 365 g/mol. The van der Waals surface area contributed by atoms with Crippen molar-refractivity contribution < 1.29 is 14.3 Å². The second kappa shape index (κ2) is 7.22. The molecule has 7 heteroatoms. The first-order valence-corrected chi connectivity index (χ1v) is 8.94. The van der Waals surface area contributed by atoms with Gasteiger partial charge in [-0.1, -0.05) is 11.6 Å². The molecule has 136 valence electrons. The van der Waals surface area contributed by atoms with Gasteiger partial charge in [-0.15, -0.1) is 0 Å². The van der Waals surface area contributed by atoms with Gasteiger partial charge >= 0.3 is 0 Å². The zero-order valence-corrected chi connectivity index (χ0v) is 15.4. The van der Waals surface area contributed by atoms with Crippen molar-refractivity contribution >= 4 is 23.4 Å². The quantitative estimate of drug-likeness (QED) is 0.867. The molecule has 0 aromatic heterocycles. The van der Waals surface area contributed by atoms with Crippen molar-refractivity contribution in [2.45, 2.75) is 24.8 Å². The van der Waals surface area contributed by atoms with Crippen LogP contribution < -0.4 is 10.1 Å². The van der Waals surface area contributed by atoms with E-state index in [1.807, 2.05) is 4.90 Å². The van der Waals surface area contributed by atoms with Crippen LogP contribution in [0.15, 0.2) is 18.2 Å². The number of amides is 2. The van der Waals surface area contributed by atoms with Gasteiger partial charge in [-0.3, -0.25) is 14.5 Å². The molecule has 1 aromatic carbocycles. The van der Waals surface area contributed by atoms with Gasteiger partial charge in [-0.05, 0) is 38.1 Å². The summed E-state index contributed by atoms with van der Waals surface area (Å²) >= 11 is 6.17. The number of methoxy groups -OCH3 is 1. The summed E-state index contributed by atoms with van der Waals surface area (Å²) in [4.78, 5) is 28.9. The molecule has 3 rings (SSSR count). The standard InChI is InChI=1S/C18H24ClN3O3/c1-21-9-10-22(12-18(21)6-5-16(23)20-8-7-18)17(24)13-3-4-15(25-2)14(19)11-13/h3-4,11H,5-10,12H2,1-2H3,(H,20,23)/t18-/m1/s1. The molecule has 0 radical (unpaired) electrons. The second-order valence-electron chi connectivity index (χ2n) is 6.82. The summed E-state index contributed by atoms with van der Waals surface area (Å²) in [5.74, 6) is 0.623. The molecule has 6 nitrogen and oxygen atoms in total. The van der Waals surface area contributed by atoms with Gasteiger partial charge in [-0.2, -0.15) is 0 Å². The molecule has 1 aromatic rings. The molecule has 2 aliphatic rings. The fourth-order valence-electron chi connectivity index (χ4n) is 3.75. The number of nitrogens with zero attached hydrogens (tertiary/aromatic N) is 2. The van der Waals surface area contributed by atoms with E-state index in [1.165, 1.54) is 0 Å². The van der Waals surface area contributed by atoms with Gasteiger partial charge in [0.15, 0.2) is 0 Å². The van der Waals surface area contributed by atoms with Crippen molar-refractivity contribution in [2.24, 2.45) is 0 Å². The molecular formula is C18H24ClN3O3. The van der Waals surface area contributed by atoms with Crippen LogP contribution in [0.1, 0.15) is 29.6 Å². The fourth-order valence-corrected chi connectivity index (χ4v) is 4.01. The second-order valence-corrected chi connectivity index (χ2v) is 7.23. The predicted octanol–water partition coefficient (Wildman–Crippen LogP) is 1.78. The van der Waals surface area contributed by atoms with Crippen molar-refractivity contribution in [3.8, 4) is 5.75 Å². The lowest BCUT2D eigenvalue weighted by molar-refractivity contribution is -0.121. The Hall–Kier alpha value is -1.79. The van der Waals surface area contributed by atoms with E-state index in [0.717, 1.165) is 19.4 Å². The Morgan fingerprint density at radius 3 is 2.84 bits per heavy atom. The minimum absolute atomic E-state index is 0.0273. The Morgan fingerprint density at radius 2 is 2.12 bits per heavy atom. The Labute approximate surface area is 153 Å². The first-order valence-electron chi connectivity index (χ1n) is 8.56. The summed E-state index contributed by atoms with van der Waals surface area (Å²) in [5, 5.41) is 3.36. The van der Waals surface area contributed by atoms with E-state index in [4.69, 9.17) is 16.3 Å². The maximum absolute atomic E-state index is 13.0. The number of hydrogen-bond acceptors (Lipinski definition) is 4. The fraction of sp³-hybridized carbons (Fsp3) is 0.556. The van der Waals surface area contributed by atoms with Gasteiger partial charge in [0.1, 0.15) is 5.75 Å². The molecule has 1 N–H and O–H groups in total. The summed E-state index contributed by atoms with van der Waals surface area (Å²) in [7, 11) is 3.64. The van der Waals surface area contributed by atoms with Gasteiger partial charge in [0.2, 0.25) is 5.91 Å². The normalized spacial score (nSPS) is 24.8. The van der Waals surface area contributed by atoms with Crippen molar-refractivity contribution in [3.63, 3.8) is 0 Å². The number of hydrogen-bond donors (Lipinski definition) is 1. The Balaban J connectivity index is 1.79. The van der Waals surface area contributed by atoms with Crippen molar-refractivity contribution in [2.75, 3.05) is 40.3 Å². The smallest absolute Gasteiger partial charge is 0.254 e. The third-order valence-electron chi connectivity index (χ3n) is 5.42. The number of halogens is 1. The topological polar surface area (TPSA) is 61.9 Å². The molecule has 25 heavy (non-hydrogen) atoms. The third-order valence-corrected chi connectivity index (χ3v) is 5.71. The number of carbonyl (C=O) groups excluding carboxylic acids is 2. The predicted molar refractivity (Wildman–Crippen MR) is 96.1 cm³/mol. The van der Waals surface area contributed by atoms with Gasteiger partial charge in [0.25, 0.3) is 5.91 Å². The third kappa shape index (κ3) is 3.60. The van der Waals surface area contributed by atoms with Gasteiger partial charge in [0, 0.05) is 43.7 Å². The van der Waals surface area contributed by atoms with Crippen LogP contribution in [0.4, 0.5) is 0 Å². The van der Waals surface area contributed by atoms with Crippen LogP contribution in [-0.2, 0) is 4.79 Å². The maximum atomic E-state index is 13.0. The summed E-state index contributed by atoms with van der Waals surface area (Å²) in [6.45, 7) is 2.74. The summed E-state index contributed by atoms with van der Waals surface area (Å²) in [5.41, 5.74) is 0.414. The lowest BCUT2D eigenvalue weighted by Gasteiger charge is -2.49. The van der Waals surface area contributed by atoms with Crippen LogP contribution >= 0.6 is 11.6 Å². The molecule has 0 saturated carbocycles. The number of ether oxygens (including phenoxy) is 1. The van der Waals surface area contributed by atoms with Crippen LogP contribution in [0.5, 0.6) is 5.75 Å². The lowest BCUT2D eigenvalue weighted by atomic mass is 9.86. The summed E-state index contributed by atoms with van der Waals surface area (Å²) < 4.78 is 5.15. The molecule has 0 aliphatic carbocycles. The molecule has 2 amide bonds. The number of benzene rings is 1. The number of likely N-dealkylation sites (N-methyl/N-ethyl adjacent to an activating group) is 1. The Bertz CT molecular complexity index is 682. The maximum Gasteiger partial charge on any atom is 0.254 e. The lowest BCUT2D eigenvalue weighted by Crippen LogP contribution is -2.62. The van der Waals surface area contributed by atoms with E-state index < -0.39 is 0 Å². The number of piperazine rings is 1. The Kier molecular flexibility index (Phi) is 5.20. The van der Waals surface area contributed by atoms with E-state index in [-0.39, 0.29) is 17.4 Å². The van der Waals surface area contributed by atoms with Crippen LogP contribution in [0, 0.1) is 0 Å². The summed E-state index contributed by atoms with van der Waals surface area (Å²) in [6.07, 6.45) is 2.12. The SMILES string of the molecule is COc1ccc(C(=O)N2CCN(C)[C@]3(CCNC(=O)CC3)C2)cc1Cl. The largest absolute Gasteiger partial charge is 0.495 e. The minimum atomic E-state index is -0.149. The van der Waals surface area contributed by atoms with Gasteiger partial charge < -0.3 is 15.0 Å². The molecular weight excluding hydrogens is 342 g/mol. The number of carbonyl (C=O) groups is 2. The van der Waals surface area contributed by atoms with E-state index in [0.29, 0.717) is 42.4 Å². The van der Waals surface area contributed by atoms with Crippen molar-refractivity contribution in [1.82, 2.24) is 15.1 Å². The first kappa shape index (κ1) is 18.0. The average molecular weight is 366 g/mol. The van der Waals surface area contributed by atoms with E-state index in [9.17, 15) is 9.59 Å². The zero-order chi connectivity index (χ0) is 18.0. The van der Waals surface area contributed by atoms with E-state index >= 15 is 0 Å². The van der Waals surface area contributed by atoms with Crippen LogP contribution in [0.25, 0.3) is 0 Å². The highest BCUT2D eigenvalue weighted by Crippen LogP contribution is 2.32. The van der Waals surface area contributed by atoms with Crippen molar-refractivity contribution in [3.05, 3.63) is 28.8 Å². The average Bonchev–Trinajstić information content (AvgIpc) is 2.79. The molecule has 0 unspecified atom stereocenters. The minimum Gasteiger partial charge on any atom is -0.495 e. The highest BCUT2D eigenvalue weighted by atomic mass is 35.5. The Morgan fingerprint density at radius 1 is 1.32 bits per heavy atom. The van der Waals surface area contributed by atoms with Gasteiger partial charge in [0.05, 0.1) is 12.1 Å². The summed E-state index contributed by atoms with van der Waals surface area (Å²) in [6, 6.07) is 5.12. The van der Waals surface area contributed by atoms with E-state index in [2.05, 4.69) is 17.3 Å². The molecule has 2 aliphatic heterocycles. The highest BCUT2D eigenvalue weighted by Gasteiger charge is 2.42. The van der Waals surface area contributed by atoms with Crippen LogP contribution in [0.2, 0.25) is 5.02 Å². The number of nitrogens with one attached hydrogen (secondary N) is 1. The van der Waals surface area contributed by atoms with E-state index in [1.54, 1.807) is 25.3 Å². The van der Waals surface area contributed by atoms with Crippen LogP contribution in [0.3, 0.4) is 0 Å². The van der Waals surface area contributed by atoms with Crippen molar-refractivity contribution in [1.29, 1.82) is 0 Å². The highest BCUT2D eigenvalue weighted by molar-refractivity contribution is 6.32. The first-order chi connectivity index (χ1) is 11.9. The molecule has 2 saturated heterocycles. The number of rotatable bonds is 2. The molecule has 1 spiro atoms. The molecule has 2 heterocycles. The molecule has 1 atom stereocenters. The van der Waals surface area contributed by atoms with Gasteiger partial charge in [-0.25, -0.2) is 0 Å². The van der Waals surface area contributed by atoms with Crippen LogP contribution in [-0.4, -0.2) is 67.5 Å². The molecule has 2 fully saturated rings. The zero-order valence-electron chi connectivity index (χ0n) is 14.7. The molecule has 0 bridgehead atoms.